The van der Waals surface area contributed by atoms with Crippen LogP contribution in [0.15, 0.2) is 0 Å². The van der Waals surface area contributed by atoms with Crippen LogP contribution in [0.5, 0.6) is 0 Å². The highest BCUT2D eigenvalue weighted by Gasteiger charge is 2.19. The van der Waals surface area contributed by atoms with Gasteiger partial charge < -0.3 is 21.1 Å². The van der Waals surface area contributed by atoms with Crippen molar-refractivity contribution in [1.29, 1.82) is 0 Å². The largest absolute Gasteiger partial charge is 0.373 e. The van der Waals surface area contributed by atoms with E-state index in [-0.39, 0.29) is 5.60 Å². The van der Waals surface area contributed by atoms with Gasteiger partial charge in [0.05, 0.1) is 12.2 Å². The number of hydrogen-bond acceptors (Lipinski definition) is 4. The van der Waals surface area contributed by atoms with Gasteiger partial charge in [0.15, 0.2) is 0 Å². The quantitative estimate of drug-likeness (QED) is 0.547. The van der Waals surface area contributed by atoms with Crippen molar-refractivity contribution in [3.63, 3.8) is 0 Å². The van der Waals surface area contributed by atoms with E-state index in [2.05, 4.69) is 45.3 Å². The summed E-state index contributed by atoms with van der Waals surface area (Å²) in [5.74, 6) is 0. The summed E-state index contributed by atoms with van der Waals surface area (Å²) in [4.78, 5) is 0. The molecule has 0 aliphatic heterocycles. The van der Waals surface area contributed by atoms with E-state index in [4.69, 9.17) is 10.5 Å². The average molecular weight is 231 g/mol. The van der Waals surface area contributed by atoms with E-state index < -0.39 is 0 Å². The van der Waals surface area contributed by atoms with Crippen molar-refractivity contribution in [3.8, 4) is 0 Å². The first-order chi connectivity index (χ1) is 7.37. The minimum atomic E-state index is -0.122. The highest BCUT2D eigenvalue weighted by atomic mass is 16.5. The molecule has 0 saturated heterocycles. The highest BCUT2D eigenvalue weighted by molar-refractivity contribution is 4.74. The molecule has 0 spiro atoms. The molecule has 0 fully saturated rings. The van der Waals surface area contributed by atoms with E-state index in [1.54, 1.807) is 0 Å². The van der Waals surface area contributed by atoms with Crippen molar-refractivity contribution < 1.29 is 4.74 Å². The molecule has 0 aliphatic carbocycles. The minimum absolute atomic E-state index is 0.122. The van der Waals surface area contributed by atoms with Gasteiger partial charge in [0, 0.05) is 31.7 Å². The Hall–Kier alpha value is -0.160. The second-order valence-corrected chi connectivity index (χ2v) is 5.25. The average Bonchev–Trinajstić information content (AvgIpc) is 2.21. The molecule has 0 amide bonds. The molecular formula is C12H29N3O. The molecule has 0 radical (unpaired) electrons. The zero-order valence-electron chi connectivity index (χ0n) is 11.5. The summed E-state index contributed by atoms with van der Waals surface area (Å²) in [5, 5.41) is 6.69. The van der Waals surface area contributed by atoms with Crippen LogP contribution >= 0.6 is 0 Å². The predicted octanol–water partition coefficient (Wildman–Crippen LogP) is 0.716. The lowest BCUT2D eigenvalue weighted by Crippen LogP contribution is -2.43. The smallest absolute Gasteiger partial charge is 0.0751 e. The topological polar surface area (TPSA) is 59.3 Å². The molecule has 0 aromatic carbocycles. The molecule has 4 N–H and O–H groups in total. The molecule has 0 bridgehead atoms. The number of nitrogens with two attached hydrogens (primary N) is 1. The van der Waals surface area contributed by atoms with E-state index in [1.165, 1.54) is 0 Å². The molecule has 0 saturated carbocycles. The standard InChI is InChI=1S/C12H29N3O/c1-10(2)15-9-12(4,5)16-8-11(3)14-7-6-13/h10-11,14-15H,6-9,13H2,1-5H3. The third-order valence-electron chi connectivity index (χ3n) is 2.30. The summed E-state index contributed by atoms with van der Waals surface area (Å²) in [6.07, 6.45) is 0. The molecule has 0 aromatic heterocycles. The van der Waals surface area contributed by atoms with Gasteiger partial charge in [-0.05, 0) is 20.8 Å². The van der Waals surface area contributed by atoms with Gasteiger partial charge >= 0.3 is 0 Å². The van der Waals surface area contributed by atoms with Crippen LogP contribution in [0.1, 0.15) is 34.6 Å². The number of nitrogens with one attached hydrogen (secondary N) is 2. The number of rotatable bonds is 9. The van der Waals surface area contributed by atoms with Gasteiger partial charge in [-0.25, -0.2) is 0 Å². The van der Waals surface area contributed by atoms with Crippen LogP contribution in [0.25, 0.3) is 0 Å². The Morgan fingerprint density at radius 3 is 2.31 bits per heavy atom. The highest BCUT2D eigenvalue weighted by Crippen LogP contribution is 2.08. The third-order valence-corrected chi connectivity index (χ3v) is 2.30. The van der Waals surface area contributed by atoms with E-state index in [0.717, 1.165) is 13.1 Å². The van der Waals surface area contributed by atoms with Gasteiger partial charge in [0.1, 0.15) is 0 Å². The van der Waals surface area contributed by atoms with Gasteiger partial charge in [-0.3, -0.25) is 0 Å². The second kappa shape index (κ2) is 8.01. The molecule has 98 valence electrons. The number of hydrogen-bond donors (Lipinski definition) is 3. The molecule has 1 unspecified atom stereocenters. The molecule has 0 aliphatic rings. The lowest BCUT2D eigenvalue weighted by atomic mass is 10.1. The zero-order chi connectivity index (χ0) is 12.6. The van der Waals surface area contributed by atoms with E-state index >= 15 is 0 Å². The maximum absolute atomic E-state index is 5.87. The molecule has 0 aromatic rings. The summed E-state index contributed by atoms with van der Waals surface area (Å²) in [6.45, 7) is 13.7. The van der Waals surface area contributed by atoms with E-state index in [0.29, 0.717) is 25.2 Å². The Labute approximate surface area is 100 Å². The van der Waals surface area contributed by atoms with Crippen molar-refractivity contribution >= 4 is 0 Å². The molecule has 1 atom stereocenters. The van der Waals surface area contributed by atoms with Crippen LogP contribution in [0.4, 0.5) is 0 Å². The Balaban J connectivity index is 3.71. The maximum atomic E-state index is 5.87. The summed E-state index contributed by atoms with van der Waals surface area (Å²) < 4.78 is 5.87. The lowest BCUT2D eigenvalue weighted by Gasteiger charge is -2.28. The Morgan fingerprint density at radius 1 is 1.19 bits per heavy atom. The lowest BCUT2D eigenvalue weighted by molar-refractivity contribution is -0.0257. The SMILES string of the molecule is CC(C)NCC(C)(C)OCC(C)NCCN. The van der Waals surface area contributed by atoms with Gasteiger partial charge in [-0.1, -0.05) is 13.8 Å². The van der Waals surface area contributed by atoms with Crippen molar-refractivity contribution in [2.75, 3.05) is 26.2 Å². The van der Waals surface area contributed by atoms with Crippen LogP contribution in [0.2, 0.25) is 0 Å². The van der Waals surface area contributed by atoms with Crippen LogP contribution < -0.4 is 16.4 Å². The molecule has 4 nitrogen and oxygen atoms in total. The van der Waals surface area contributed by atoms with Crippen LogP contribution in [0.3, 0.4) is 0 Å². The Morgan fingerprint density at radius 2 is 1.81 bits per heavy atom. The van der Waals surface area contributed by atoms with Crippen molar-refractivity contribution in [2.45, 2.75) is 52.3 Å². The molecule has 0 heterocycles. The van der Waals surface area contributed by atoms with Crippen LogP contribution in [-0.2, 0) is 4.74 Å². The Kier molecular flexibility index (Phi) is 7.93. The molecule has 0 rings (SSSR count). The first-order valence-corrected chi connectivity index (χ1v) is 6.18. The summed E-state index contributed by atoms with van der Waals surface area (Å²) in [7, 11) is 0. The van der Waals surface area contributed by atoms with Crippen LogP contribution in [0, 0.1) is 0 Å². The summed E-state index contributed by atoms with van der Waals surface area (Å²) in [6, 6.07) is 0.845. The van der Waals surface area contributed by atoms with Crippen molar-refractivity contribution in [2.24, 2.45) is 5.73 Å². The normalized spacial score (nSPS) is 14.4. The van der Waals surface area contributed by atoms with Gasteiger partial charge in [-0.15, -0.1) is 0 Å². The van der Waals surface area contributed by atoms with E-state index in [9.17, 15) is 0 Å². The summed E-state index contributed by atoms with van der Waals surface area (Å²) >= 11 is 0. The zero-order valence-corrected chi connectivity index (χ0v) is 11.5. The third kappa shape index (κ3) is 9.09. The minimum Gasteiger partial charge on any atom is -0.373 e. The molecule has 4 heteroatoms. The monoisotopic (exact) mass is 231 g/mol. The number of ether oxygens (including phenoxy) is 1. The predicted molar refractivity (Wildman–Crippen MR) is 69.7 cm³/mol. The van der Waals surface area contributed by atoms with Gasteiger partial charge in [-0.2, -0.15) is 0 Å². The molecular weight excluding hydrogens is 202 g/mol. The fourth-order valence-electron chi connectivity index (χ4n) is 1.24. The van der Waals surface area contributed by atoms with Crippen molar-refractivity contribution in [1.82, 2.24) is 10.6 Å². The fourth-order valence-corrected chi connectivity index (χ4v) is 1.24. The molecule has 16 heavy (non-hydrogen) atoms. The van der Waals surface area contributed by atoms with Gasteiger partial charge in [0.25, 0.3) is 0 Å². The first kappa shape index (κ1) is 15.8. The summed E-state index contributed by atoms with van der Waals surface area (Å²) in [5.41, 5.74) is 5.30. The fraction of sp³-hybridized carbons (Fsp3) is 1.00. The van der Waals surface area contributed by atoms with Crippen LogP contribution in [-0.4, -0.2) is 43.9 Å². The first-order valence-electron chi connectivity index (χ1n) is 6.18. The van der Waals surface area contributed by atoms with Gasteiger partial charge in [0.2, 0.25) is 0 Å². The Bertz CT molecular complexity index is 172. The maximum Gasteiger partial charge on any atom is 0.0751 e. The van der Waals surface area contributed by atoms with Crippen molar-refractivity contribution in [3.05, 3.63) is 0 Å². The second-order valence-electron chi connectivity index (χ2n) is 5.25. The van der Waals surface area contributed by atoms with E-state index in [1.807, 2.05) is 0 Å².